The monoisotopic (exact) mass is 233 g/mol. The number of nitrogens with zero attached hydrogens (tertiary/aromatic N) is 3. The van der Waals surface area contributed by atoms with Crippen LogP contribution in [0.3, 0.4) is 0 Å². The van der Waals surface area contributed by atoms with E-state index in [0.29, 0.717) is 12.2 Å². The molecule has 0 spiro atoms. The van der Waals surface area contributed by atoms with Gasteiger partial charge in [0.2, 0.25) is 0 Å². The highest BCUT2D eigenvalue weighted by molar-refractivity contribution is 5.32. The molecule has 0 saturated heterocycles. The maximum atomic E-state index is 10.1. The number of ether oxygens (including phenoxy) is 1. The van der Waals surface area contributed by atoms with Gasteiger partial charge in [-0.25, -0.2) is 0 Å². The molecule has 0 aromatic carbocycles. The van der Waals surface area contributed by atoms with Crippen LogP contribution in [0.1, 0.15) is 17.4 Å². The molecule has 0 aliphatic heterocycles. The lowest BCUT2D eigenvalue weighted by atomic mass is 10.1. The van der Waals surface area contributed by atoms with Crippen LogP contribution in [-0.4, -0.2) is 27.0 Å². The number of hydrogen-bond acceptors (Lipinski definition) is 4. The molecule has 0 fully saturated rings. The second-order valence-corrected chi connectivity index (χ2v) is 3.82. The molecular formula is C12H15N3O2. The summed E-state index contributed by atoms with van der Waals surface area (Å²) in [5.41, 5.74) is 1.58. The summed E-state index contributed by atoms with van der Waals surface area (Å²) >= 11 is 0. The Bertz CT molecular complexity index is 496. The van der Waals surface area contributed by atoms with Gasteiger partial charge in [-0.15, -0.1) is 0 Å². The standard InChI is InChI=1S/C12H15N3O2/c1-15-6-4-9(14-15)7-11(16)10-3-5-13-8-12(10)17-2/h3-6,8,11,16H,7H2,1-2H3. The Morgan fingerprint density at radius 1 is 1.47 bits per heavy atom. The van der Waals surface area contributed by atoms with E-state index in [9.17, 15) is 5.11 Å². The SMILES string of the molecule is COc1cnccc1C(O)Cc1ccn(C)n1. The van der Waals surface area contributed by atoms with Crippen LogP contribution in [0.15, 0.2) is 30.7 Å². The smallest absolute Gasteiger partial charge is 0.142 e. The van der Waals surface area contributed by atoms with Crippen molar-refractivity contribution in [3.8, 4) is 5.75 Å². The summed E-state index contributed by atoms with van der Waals surface area (Å²) in [7, 11) is 3.41. The van der Waals surface area contributed by atoms with E-state index < -0.39 is 6.10 Å². The number of aliphatic hydroxyl groups excluding tert-OH is 1. The van der Waals surface area contributed by atoms with Gasteiger partial charge in [-0.3, -0.25) is 9.67 Å². The number of aromatic nitrogens is 3. The van der Waals surface area contributed by atoms with Gasteiger partial charge in [-0.1, -0.05) is 0 Å². The number of hydrogen-bond donors (Lipinski definition) is 1. The first-order valence-electron chi connectivity index (χ1n) is 5.35. The molecule has 1 N–H and O–H groups in total. The van der Waals surface area contributed by atoms with Crippen LogP contribution in [0.2, 0.25) is 0 Å². The van der Waals surface area contributed by atoms with Gasteiger partial charge >= 0.3 is 0 Å². The van der Waals surface area contributed by atoms with Gasteiger partial charge in [-0.2, -0.15) is 5.10 Å². The van der Waals surface area contributed by atoms with Crippen LogP contribution < -0.4 is 4.74 Å². The predicted octanol–water partition coefficient (Wildman–Crippen LogP) is 1.10. The van der Waals surface area contributed by atoms with Crippen LogP contribution in [0, 0.1) is 0 Å². The first kappa shape index (κ1) is 11.6. The molecule has 17 heavy (non-hydrogen) atoms. The van der Waals surface area contributed by atoms with Crippen molar-refractivity contribution in [1.29, 1.82) is 0 Å². The third-order valence-electron chi connectivity index (χ3n) is 2.57. The topological polar surface area (TPSA) is 60.2 Å². The van der Waals surface area contributed by atoms with Crippen LogP contribution in [-0.2, 0) is 13.5 Å². The van der Waals surface area contributed by atoms with E-state index >= 15 is 0 Å². The minimum atomic E-state index is -0.636. The average Bonchev–Trinajstić information content (AvgIpc) is 2.74. The van der Waals surface area contributed by atoms with Crippen LogP contribution in [0.25, 0.3) is 0 Å². The highest BCUT2D eigenvalue weighted by Gasteiger charge is 2.14. The van der Waals surface area contributed by atoms with E-state index in [4.69, 9.17) is 4.74 Å². The van der Waals surface area contributed by atoms with Crippen LogP contribution in [0.4, 0.5) is 0 Å². The number of aryl methyl sites for hydroxylation is 1. The summed E-state index contributed by atoms with van der Waals surface area (Å²) in [5.74, 6) is 0.593. The van der Waals surface area contributed by atoms with E-state index in [1.807, 2.05) is 19.3 Å². The Balaban J connectivity index is 2.16. The zero-order valence-corrected chi connectivity index (χ0v) is 9.87. The summed E-state index contributed by atoms with van der Waals surface area (Å²) in [4.78, 5) is 3.95. The molecule has 2 rings (SSSR count). The summed E-state index contributed by atoms with van der Waals surface area (Å²) in [6.07, 6.45) is 4.91. The summed E-state index contributed by atoms with van der Waals surface area (Å²) in [5, 5.41) is 14.4. The van der Waals surface area contributed by atoms with Gasteiger partial charge in [0.1, 0.15) is 5.75 Å². The number of pyridine rings is 1. The Morgan fingerprint density at radius 2 is 2.29 bits per heavy atom. The van der Waals surface area contributed by atoms with Crippen molar-refractivity contribution >= 4 is 0 Å². The fraction of sp³-hybridized carbons (Fsp3) is 0.333. The van der Waals surface area contributed by atoms with Gasteiger partial charge in [0, 0.05) is 31.4 Å². The normalized spacial score (nSPS) is 12.4. The van der Waals surface area contributed by atoms with E-state index in [-0.39, 0.29) is 0 Å². The second kappa shape index (κ2) is 4.97. The number of rotatable bonds is 4. The molecule has 2 heterocycles. The van der Waals surface area contributed by atoms with Crippen molar-refractivity contribution in [2.75, 3.05) is 7.11 Å². The van der Waals surface area contributed by atoms with Crippen LogP contribution >= 0.6 is 0 Å². The van der Waals surface area contributed by atoms with Gasteiger partial charge < -0.3 is 9.84 Å². The van der Waals surface area contributed by atoms with Gasteiger partial charge in [0.05, 0.1) is 25.1 Å². The lowest BCUT2D eigenvalue weighted by Crippen LogP contribution is -2.05. The molecule has 1 unspecified atom stereocenters. The third-order valence-corrected chi connectivity index (χ3v) is 2.57. The molecule has 1 atom stereocenters. The third kappa shape index (κ3) is 2.62. The predicted molar refractivity (Wildman–Crippen MR) is 62.7 cm³/mol. The van der Waals surface area contributed by atoms with Crippen molar-refractivity contribution in [2.24, 2.45) is 7.05 Å². The summed E-state index contributed by atoms with van der Waals surface area (Å²) in [6.45, 7) is 0. The Kier molecular flexibility index (Phi) is 3.39. The quantitative estimate of drug-likeness (QED) is 0.859. The maximum absolute atomic E-state index is 10.1. The van der Waals surface area contributed by atoms with Crippen molar-refractivity contribution < 1.29 is 9.84 Å². The zero-order chi connectivity index (χ0) is 12.3. The van der Waals surface area contributed by atoms with Crippen molar-refractivity contribution in [2.45, 2.75) is 12.5 Å². The van der Waals surface area contributed by atoms with E-state index in [1.54, 1.807) is 30.3 Å². The minimum Gasteiger partial charge on any atom is -0.495 e. The lowest BCUT2D eigenvalue weighted by Gasteiger charge is -2.12. The molecule has 0 saturated carbocycles. The van der Waals surface area contributed by atoms with Crippen LogP contribution in [0.5, 0.6) is 5.75 Å². The zero-order valence-electron chi connectivity index (χ0n) is 9.87. The first-order valence-corrected chi connectivity index (χ1v) is 5.35. The Morgan fingerprint density at radius 3 is 2.94 bits per heavy atom. The maximum Gasteiger partial charge on any atom is 0.142 e. The largest absolute Gasteiger partial charge is 0.495 e. The summed E-state index contributed by atoms with van der Waals surface area (Å²) < 4.78 is 6.88. The molecule has 0 radical (unpaired) electrons. The second-order valence-electron chi connectivity index (χ2n) is 3.82. The van der Waals surface area contributed by atoms with Gasteiger partial charge in [-0.05, 0) is 12.1 Å². The van der Waals surface area contributed by atoms with Crippen molar-refractivity contribution in [1.82, 2.24) is 14.8 Å². The van der Waals surface area contributed by atoms with Crippen molar-refractivity contribution in [3.05, 3.63) is 42.0 Å². The molecule has 5 nitrogen and oxygen atoms in total. The fourth-order valence-electron chi connectivity index (χ4n) is 1.72. The van der Waals surface area contributed by atoms with E-state index in [2.05, 4.69) is 10.1 Å². The minimum absolute atomic E-state index is 0.460. The molecular weight excluding hydrogens is 218 g/mol. The molecule has 0 aliphatic rings. The Labute approximate surface area is 99.7 Å². The van der Waals surface area contributed by atoms with E-state index in [1.165, 1.54) is 0 Å². The highest BCUT2D eigenvalue weighted by atomic mass is 16.5. The fourth-order valence-corrected chi connectivity index (χ4v) is 1.72. The average molecular weight is 233 g/mol. The molecule has 90 valence electrons. The molecule has 0 bridgehead atoms. The van der Waals surface area contributed by atoms with E-state index in [0.717, 1.165) is 11.3 Å². The molecule has 2 aromatic rings. The number of methoxy groups -OCH3 is 1. The summed E-state index contributed by atoms with van der Waals surface area (Å²) in [6, 6.07) is 3.64. The first-order chi connectivity index (χ1) is 8.20. The highest BCUT2D eigenvalue weighted by Crippen LogP contribution is 2.25. The molecule has 2 aromatic heterocycles. The molecule has 0 amide bonds. The molecule has 0 aliphatic carbocycles. The Hall–Kier alpha value is -1.88. The van der Waals surface area contributed by atoms with Crippen molar-refractivity contribution in [3.63, 3.8) is 0 Å². The molecule has 5 heteroatoms. The van der Waals surface area contributed by atoms with Gasteiger partial charge in [0.25, 0.3) is 0 Å². The lowest BCUT2D eigenvalue weighted by molar-refractivity contribution is 0.172. The van der Waals surface area contributed by atoms with Gasteiger partial charge in [0.15, 0.2) is 0 Å². The number of aliphatic hydroxyl groups is 1.